The van der Waals surface area contributed by atoms with Crippen LogP contribution in [0.25, 0.3) is 0 Å². The molecule has 3 atom stereocenters. The molecule has 0 aromatic carbocycles. The standard InChI is InChI=1S/C22H28BBrO4S/c23-13-15-11-21(26)20(5-3-1-2-4-6-22(27)28)19(15)10-8-17(25)7-9-18-12-16(24)14-29-18/h1,3,10,12,14-15,20-21,26H,2,4-9,11,13H2,(H,27,28)/t15-,20+,21?/m0/s1. The van der Waals surface area contributed by atoms with Crippen LogP contribution >= 0.6 is 27.3 Å². The van der Waals surface area contributed by atoms with E-state index in [9.17, 15) is 14.7 Å². The summed E-state index contributed by atoms with van der Waals surface area (Å²) in [6.07, 6.45) is 10.5. The first-order valence-electron chi connectivity index (χ1n) is 10.1. The minimum atomic E-state index is -0.781. The Labute approximate surface area is 186 Å². The molecule has 0 amide bonds. The number of thiophene rings is 1. The minimum absolute atomic E-state index is 0.0136. The average molecular weight is 479 g/mol. The number of unbranched alkanes of at least 4 members (excludes halogenated alkanes) is 1. The van der Waals surface area contributed by atoms with Gasteiger partial charge in [-0.3, -0.25) is 9.59 Å². The number of rotatable bonds is 12. The minimum Gasteiger partial charge on any atom is -0.481 e. The van der Waals surface area contributed by atoms with Gasteiger partial charge in [0.25, 0.3) is 0 Å². The van der Waals surface area contributed by atoms with E-state index < -0.39 is 12.1 Å². The molecular weight excluding hydrogens is 451 g/mol. The number of aryl methyl sites for hydroxylation is 1. The second-order valence-electron chi connectivity index (χ2n) is 7.51. The van der Waals surface area contributed by atoms with Crippen LogP contribution in [-0.2, 0) is 16.0 Å². The lowest BCUT2D eigenvalue weighted by Gasteiger charge is -2.16. The van der Waals surface area contributed by atoms with Gasteiger partial charge in [0.15, 0.2) is 0 Å². The number of hydrogen-bond acceptors (Lipinski definition) is 4. The molecule has 29 heavy (non-hydrogen) atoms. The van der Waals surface area contributed by atoms with Crippen molar-refractivity contribution >= 4 is 46.9 Å². The topological polar surface area (TPSA) is 74.6 Å². The summed E-state index contributed by atoms with van der Waals surface area (Å²) < 4.78 is 1.05. The Kier molecular flexibility index (Phi) is 10.4. The Balaban J connectivity index is 1.88. The van der Waals surface area contributed by atoms with Gasteiger partial charge >= 0.3 is 5.97 Å². The van der Waals surface area contributed by atoms with Crippen molar-refractivity contribution in [3.63, 3.8) is 0 Å². The Morgan fingerprint density at radius 2 is 2.10 bits per heavy atom. The van der Waals surface area contributed by atoms with Crippen molar-refractivity contribution in [2.75, 3.05) is 0 Å². The highest BCUT2D eigenvalue weighted by Gasteiger charge is 2.35. The van der Waals surface area contributed by atoms with Crippen LogP contribution in [0.15, 0.2) is 39.7 Å². The molecule has 1 aliphatic rings. The smallest absolute Gasteiger partial charge is 0.303 e. The Morgan fingerprint density at radius 1 is 1.31 bits per heavy atom. The van der Waals surface area contributed by atoms with Gasteiger partial charge in [0, 0.05) is 39.9 Å². The zero-order valence-corrected chi connectivity index (χ0v) is 19.0. The van der Waals surface area contributed by atoms with Crippen LogP contribution in [0.4, 0.5) is 0 Å². The molecule has 1 saturated carbocycles. The van der Waals surface area contributed by atoms with Crippen LogP contribution in [0.5, 0.6) is 0 Å². The van der Waals surface area contributed by atoms with E-state index in [2.05, 4.69) is 15.9 Å². The molecule has 1 aliphatic carbocycles. The van der Waals surface area contributed by atoms with E-state index in [1.165, 1.54) is 4.88 Å². The van der Waals surface area contributed by atoms with E-state index in [1.54, 1.807) is 11.3 Å². The SMILES string of the molecule is [B]C[C@@H]1CC(O)[C@H](CC=CCCCC(=O)O)C1=CCC(=O)CCc1cc(Br)cs1. The highest BCUT2D eigenvalue weighted by atomic mass is 79.9. The largest absolute Gasteiger partial charge is 0.481 e. The molecule has 1 aromatic heterocycles. The van der Waals surface area contributed by atoms with Crippen LogP contribution in [0.2, 0.25) is 6.32 Å². The third-order valence-electron chi connectivity index (χ3n) is 5.33. The van der Waals surface area contributed by atoms with Gasteiger partial charge in [-0.25, -0.2) is 0 Å². The number of carboxylic acids is 1. The number of Topliss-reactive ketones (excluding diaryl/α,β-unsaturated/α-hetero) is 1. The Hall–Kier alpha value is -1.18. The van der Waals surface area contributed by atoms with Gasteiger partial charge in [-0.15, -0.1) is 11.3 Å². The molecule has 1 aromatic rings. The zero-order valence-electron chi connectivity index (χ0n) is 16.6. The number of ketones is 1. The van der Waals surface area contributed by atoms with Gasteiger partial charge in [0.05, 0.1) is 14.0 Å². The molecule has 0 saturated heterocycles. The van der Waals surface area contributed by atoms with Gasteiger partial charge in [-0.05, 0) is 60.0 Å². The quantitative estimate of drug-likeness (QED) is 0.248. The van der Waals surface area contributed by atoms with E-state index >= 15 is 0 Å². The van der Waals surface area contributed by atoms with Gasteiger partial charge in [0.2, 0.25) is 0 Å². The summed E-state index contributed by atoms with van der Waals surface area (Å²) in [5, 5.41) is 21.2. The number of halogens is 1. The maximum atomic E-state index is 12.3. The predicted octanol–water partition coefficient (Wildman–Crippen LogP) is 5.11. The summed E-state index contributed by atoms with van der Waals surface area (Å²) in [6.45, 7) is 0. The van der Waals surface area contributed by atoms with E-state index in [0.717, 1.165) is 16.5 Å². The second-order valence-corrected chi connectivity index (χ2v) is 9.42. The lowest BCUT2D eigenvalue weighted by atomic mass is 9.84. The van der Waals surface area contributed by atoms with E-state index in [1.807, 2.05) is 29.7 Å². The fraction of sp³-hybridized carbons (Fsp3) is 0.545. The third kappa shape index (κ3) is 8.23. The van der Waals surface area contributed by atoms with Gasteiger partial charge in [-0.1, -0.05) is 30.1 Å². The predicted molar refractivity (Wildman–Crippen MR) is 121 cm³/mol. The first kappa shape index (κ1) is 24.1. The number of carbonyl (C=O) groups is 2. The van der Waals surface area contributed by atoms with Crippen LogP contribution in [0.3, 0.4) is 0 Å². The number of allylic oxidation sites excluding steroid dienone is 3. The number of aliphatic hydroxyl groups excluding tert-OH is 1. The fourth-order valence-electron chi connectivity index (χ4n) is 3.77. The highest BCUT2D eigenvalue weighted by Crippen LogP contribution is 2.41. The molecule has 0 spiro atoms. The molecule has 156 valence electrons. The Morgan fingerprint density at radius 3 is 2.76 bits per heavy atom. The molecule has 4 nitrogen and oxygen atoms in total. The van der Waals surface area contributed by atoms with Crippen LogP contribution in [0.1, 0.15) is 49.8 Å². The van der Waals surface area contributed by atoms with Crippen molar-refractivity contribution < 1.29 is 19.8 Å². The monoisotopic (exact) mass is 478 g/mol. The lowest BCUT2D eigenvalue weighted by molar-refractivity contribution is -0.137. The van der Waals surface area contributed by atoms with Crippen molar-refractivity contribution in [3.8, 4) is 0 Å². The second kappa shape index (κ2) is 12.5. The number of carbonyl (C=O) groups excluding carboxylic acids is 1. The lowest BCUT2D eigenvalue weighted by Crippen LogP contribution is -2.13. The van der Waals surface area contributed by atoms with Crippen LogP contribution < -0.4 is 0 Å². The average Bonchev–Trinajstić information content (AvgIpc) is 3.23. The summed E-state index contributed by atoms with van der Waals surface area (Å²) in [5.41, 5.74) is 1.10. The molecule has 0 aliphatic heterocycles. The van der Waals surface area contributed by atoms with Crippen molar-refractivity contribution in [1.82, 2.24) is 0 Å². The molecule has 1 fully saturated rings. The summed E-state index contributed by atoms with van der Waals surface area (Å²) in [4.78, 5) is 24.1. The number of aliphatic hydroxyl groups is 1. The molecular formula is C22H28BBrO4S. The van der Waals surface area contributed by atoms with E-state index in [4.69, 9.17) is 13.0 Å². The molecule has 7 heteroatoms. The summed E-state index contributed by atoms with van der Waals surface area (Å²) in [7, 11) is 5.90. The Bertz CT molecular complexity index is 743. The van der Waals surface area contributed by atoms with Gasteiger partial charge < -0.3 is 10.2 Å². The first-order valence-corrected chi connectivity index (χ1v) is 11.8. The summed E-state index contributed by atoms with van der Waals surface area (Å²) in [5.74, 6) is -0.476. The third-order valence-corrected chi connectivity index (χ3v) is 7.09. The number of hydrogen-bond donors (Lipinski definition) is 2. The highest BCUT2D eigenvalue weighted by molar-refractivity contribution is 9.10. The van der Waals surface area contributed by atoms with Crippen molar-refractivity contribution in [1.29, 1.82) is 0 Å². The zero-order chi connectivity index (χ0) is 21.2. The number of carboxylic acid groups (broad SMARTS) is 1. The molecule has 1 heterocycles. The molecule has 2 N–H and O–H groups in total. The van der Waals surface area contributed by atoms with Crippen molar-refractivity contribution in [2.45, 2.75) is 63.8 Å². The maximum absolute atomic E-state index is 12.3. The molecule has 2 rings (SSSR count). The summed E-state index contributed by atoms with van der Waals surface area (Å²) in [6, 6.07) is 2.05. The van der Waals surface area contributed by atoms with Gasteiger partial charge in [-0.2, -0.15) is 0 Å². The molecule has 0 bridgehead atoms. The molecule has 2 radical (unpaired) electrons. The van der Waals surface area contributed by atoms with E-state index in [0.29, 0.717) is 44.8 Å². The maximum Gasteiger partial charge on any atom is 0.303 e. The first-order chi connectivity index (χ1) is 13.9. The van der Waals surface area contributed by atoms with Crippen molar-refractivity contribution in [3.05, 3.63) is 44.6 Å². The summed E-state index contributed by atoms with van der Waals surface area (Å²) >= 11 is 5.08. The van der Waals surface area contributed by atoms with Gasteiger partial charge in [0.1, 0.15) is 5.78 Å². The van der Waals surface area contributed by atoms with Crippen LogP contribution in [0, 0.1) is 11.8 Å². The number of aliphatic carboxylic acids is 1. The van der Waals surface area contributed by atoms with Crippen LogP contribution in [-0.4, -0.2) is 35.9 Å². The molecule has 1 unspecified atom stereocenters. The normalized spacial score (nSPS) is 23.2. The van der Waals surface area contributed by atoms with E-state index in [-0.39, 0.29) is 24.0 Å². The fourth-order valence-corrected chi connectivity index (χ4v) is 5.23. The van der Waals surface area contributed by atoms with Crippen molar-refractivity contribution in [2.24, 2.45) is 11.8 Å².